The molecule has 1 saturated heterocycles. The zero-order chi connectivity index (χ0) is 27.5. The third-order valence-corrected chi connectivity index (χ3v) is 7.85. The number of amides is 2. The lowest BCUT2D eigenvalue weighted by molar-refractivity contribution is -0.117. The monoisotopic (exact) mass is 536 g/mol. The first kappa shape index (κ1) is 26.1. The normalized spacial score (nSPS) is 15.8. The highest BCUT2D eigenvalue weighted by atomic mass is 16.2. The molecule has 0 unspecified atom stereocenters. The van der Waals surface area contributed by atoms with Crippen LogP contribution in [0.25, 0.3) is 16.6 Å². The number of anilines is 3. The lowest BCUT2D eigenvalue weighted by atomic mass is 10.1. The Labute approximate surface area is 235 Å². The zero-order valence-corrected chi connectivity index (χ0v) is 23.0. The second kappa shape index (κ2) is 11.5. The van der Waals surface area contributed by atoms with E-state index in [0.29, 0.717) is 5.56 Å². The van der Waals surface area contributed by atoms with E-state index in [2.05, 4.69) is 32.5 Å². The molecule has 8 heteroatoms. The van der Waals surface area contributed by atoms with Gasteiger partial charge in [0.05, 0.1) is 17.4 Å². The topological polar surface area (TPSA) is 82.5 Å². The Morgan fingerprint density at radius 3 is 2.25 bits per heavy atom. The number of carbonyl (C=O) groups is 2. The summed E-state index contributed by atoms with van der Waals surface area (Å²) in [6.45, 7) is 7.64. The lowest BCUT2D eigenvalue weighted by Crippen LogP contribution is -2.46. The molecule has 1 aliphatic heterocycles. The van der Waals surface area contributed by atoms with Gasteiger partial charge in [0, 0.05) is 60.1 Å². The van der Waals surface area contributed by atoms with Crippen LogP contribution in [-0.2, 0) is 4.79 Å². The quantitative estimate of drug-likeness (QED) is 0.293. The molecule has 0 bridgehead atoms. The molecule has 0 atom stereocenters. The summed E-state index contributed by atoms with van der Waals surface area (Å²) in [5, 5.41) is 11.5. The summed E-state index contributed by atoms with van der Waals surface area (Å²) in [6, 6.07) is 21.4. The molecule has 1 aliphatic carbocycles. The van der Waals surface area contributed by atoms with Crippen molar-refractivity contribution in [3.8, 4) is 5.69 Å². The van der Waals surface area contributed by atoms with Crippen LogP contribution in [-0.4, -0.2) is 59.2 Å². The smallest absolute Gasteiger partial charge is 0.255 e. The second-order valence-corrected chi connectivity index (χ2v) is 10.8. The van der Waals surface area contributed by atoms with E-state index in [0.717, 1.165) is 67.0 Å². The van der Waals surface area contributed by atoms with Crippen LogP contribution in [0.2, 0.25) is 0 Å². The van der Waals surface area contributed by atoms with E-state index in [4.69, 9.17) is 0 Å². The van der Waals surface area contributed by atoms with Gasteiger partial charge >= 0.3 is 0 Å². The lowest BCUT2D eigenvalue weighted by Gasteiger charge is -2.36. The molecular formula is C32H36N6O2. The predicted molar refractivity (Wildman–Crippen MR) is 160 cm³/mol. The molecule has 0 spiro atoms. The van der Waals surface area contributed by atoms with E-state index in [1.165, 1.54) is 25.1 Å². The molecule has 2 amide bonds. The van der Waals surface area contributed by atoms with E-state index in [1.807, 2.05) is 71.4 Å². The summed E-state index contributed by atoms with van der Waals surface area (Å²) in [4.78, 5) is 29.9. The molecule has 1 aromatic heterocycles. The number of hydrogen-bond donors (Lipinski definition) is 2. The van der Waals surface area contributed by atoms with Crippen molar-refractivity contribution in [2.75, 3.05) is 48.3 Å². The van der Waals surface area contributed by atoms with Crippen LogP contribution in [0.3, 0.4) is 0 Å². The molecule has 206 valence electrons. The number of nitrogens with one attached hydrogen (secondary N) is 2. The maximum absolute atomic E-state index is 13.0. The maximum atomic E-state index is 13.0. The third-order valence-electron chi connectivity index (χ3n) is 7.85. The van der Waals surface area contributed by atoms with Gasteiger partial charge in [0.2, 0.25) is 5.91 Å². The van der Waals surface area contributed by atoms with Crippen molar-refractivity contribution in [1.82, 2.24) is 14.7 Å². The van der Waals surface area contributed by atoms with Gasteiger partial charge in [-0.15, -0.1) is 0 Å². The minimum Gasteiger partial charge on any atom is -0.369 e. The number of aromatic nitrogens is 2. The maximum Gasteiger partial charge on any atom is 0.255 e. The summed E-state index contributed by atoms with van der Waals surface area (Å²) >= 11 is 0. The molecule has 40 heavy (non-hydrogen) atoms. The van der Waals surface area contributed by atoms with Gasteiger partial charge < -0.3 is 15.5 Å². The number of fused-ring (bicyclic) bond motifs is 1. The molecule has 3 aromatic carbocycles. The minimum atomic E-state index is -0.133. The molecule has 1 saturated carbocycles. The molecule has 2 fully saturated rings. The summed E-state index contributed by atoms with van der Waals surface area (Å²) < 4.78 is 1.86. The van der Waals surface area contributed by atoms with Crippen molar-refractivity contribution in [3.63, 3.8) is 0 Å². The van der Waals surface area contributed by atoms with Crippen molar-refractivity contribution in [1.29, 1.82) is 0 Å². The number of nitrogens with zero attached hydrogens (tertiary/aromatic N) is 4. The predicted octanol–water partition coefficient (Wildman–Crippen LogP) is 5.55. The largest absolute Gasteiger partial charge is 0.369 e. The van der Waals surface area contributed by atoms with Crippen LogP contribution in [0.4, 0.5) is 17.1 Å². The first-order valence-corrected chi connectivity index (χ1v) is 14.4. The van der Waals surface area contributed by atoms with E-state index in [1.54, 1.807) is 6.20 Å². The zero-order valence-electron chi connectivity index (χ0n) is 23.0. The fourth-order valence-corrected chi connectivity index (χ4v) is 5.23. The molecule has 6 rings (SSSR count). The van der Waals surface area contributed by atoms with Gasteiger partial charge in [-0.05, 0) is 92.5 Å². The highest BCUT2D eigenvalue weighted by Crippen LogP contribution is 2.30. The Kier molecular flexibility index (Phi) is 7.51. The van der Waals surface area contributed by atoms with Gasteiger partial charge in [-0.25, -0.2) is 4.68 Å². The van der Waals surface area contributed by atoms with Gasteiger partial charge in [0.25, 0.3) is 5.91 Å². The van der Waals surface area contributed by atoms with Crippen LogP contribution in [0.15, 0.2) is 72.9 Å². The Morgan fingerprint density at radius 1 is 0.850 bits per heavy atom. The molecule has 2 heterocycles. The number of carbonyl (C=O) groups excluding carboxylic acids is 2. The van der Waals surface area contributed by atoms with Crippen molar-refractivity contribution in [2.24, 2.45) is 5.92 Å². The Hall–Kier alpha value is -4.17. The molecule has 2 N–H and O–H groups in total. The summed E-state index contributed by atoms with van der Waals surface area (Å²) in [7, 11) is 0. The number of unbranched alkanes of at least 4 members (excludes halogenated alkanes) is 1. The highest BCUT2D eigenvalue weighted by molar-refractivity contribution is 6.05. The molecule has 4 aromatic rings. The number of piperazine rings is 1. The SMILES string of the molecule is CCCCN1CCN(c2ccc(C(=O)Nc3ccc4c(cnn4-c4ccc(NC(=O)C5CC5)cc4)c3)cc2)CC1. The van der Waals surface area contributed by atoms with Crippen LogP contribution in [0.1, 0.15) is 43.0 Å². The summed E-state index contributed by atoms with van der Waals surface area (Å²) in [5.41, 5.74) is 5.15. The van der Waals surface area contributed by atoms with Gasteiger partial charge in [-0.3, -0.25) is 14.5 Å². The average Bonchev–Trinajstić information content (AvgIpc) is 3.77. The van der Waals surface area contributed by atoms with E-state index in [9.17, 15) is 9.59 Å². The molecular weight excluding hydrogens is 500 g/mol. The Morgan fingerprint density at radius 2 is 1.55 bits per heavy atom. The standard InChI is InChI=1S/C32H36N6O2/c1-2-3-16-36-17-19-37(20-18-36)28-11-6-24(7-12-28)32(40)35-27-10-15-30-25(21-27)22-33-38(30)29-13-8-26(9-14-29)34-31(39)23-4-5-23/h6-15,21-23H,2-5,16-20H2,1H3,(H,34,39)(H,35,40). The number of benzene rings is 3. The van der Waals surface area contributed by atoms with Gasteiger partial charge in [0.15, 0.2) is 0 Å². The van der Waals surface area contributed by atoms with Crippen LogP contribution in [0.5, 0.6) is 0 Å². The molecule has 2 aliphatic rings. The second-order valence-electron chi connectivity index (χ2n) is 10.8. The fourth-order valence-electron chi connectivity index (χ4n) is 5.23. The summed E-state index contributed by atoms with van der Waals surface area (Å²) in [5.74, 6) is 0.135. The van der Waals surface area contributed by atoms with Crippen LogP contribution < -0.4 is 15.5 Å². The van der Waals surface area contributed by atoms with Crippen molar-refractivity contribution in [3.05, 3.63) is 78.5 Å². The first-order valence-electron chi connectivity index (χ1n) is 14.4. The van der Waals surface area contributed by atoms with Crippen molar-refractivity contribution >= 4 is 39.8 Å². The fraction of sp³-hybridized carbons (Fsp3) is 0.344. The van der Waals surface area contributed by atoms with Crippen LogP contribution >= 0.6 is 0 Å². The number of rotatable bonds is 9. The van der Waals surface area contributed by atoms with Crippen molar-refractivity contribution in [2.45, 2.75) is 32.6 Å². The van der Waals surface area contributed by atoms with E-state index < -0.39 is 0 Å². The minimum absolute atomic E-state index is 0.0963. The number of hydrogen-bond acceptors (Lipinski definition) is 5. The molecule has 0 radical (unpaired) electrons. The van der Waals surface area contributed by atoms with Crippen molar-refractivity contribution < 1.29 is 9.59 Å². The molecule has 8 nitrogen and oxygen atoms in total. The van der Waals surface area contributed by atoms with E-state index in [-0.39, 0.29) is 17.7 Å². The van der Waals surface area contributed by atoms with Gasteiger partial charge in [-0.2, -0.15) is 5.10 Å². The Balaban J connectivity index is 1.07. The Bertz CT molecular complexity index is 1480. The first-order chi connectivity index (χ1) is 19.6. The highest BCUT2D eigenvalue weighted by Gasteiger charge is 2.29. The van der Waals surface area contributed by atoms with E-state index >= 15 is 0 Å². The van der Waals surface area contributed by atoms with Crippen LogP contribution in [0, 0.1) is 5.92 Å². The van der Waals surface area contributed by atoms with Gasteiger partial charge in [0.1, 0.15) is 0 Å². The summed E-state index contributed by atoms with van der Waals surface area (Å²) in [6.07, 6.45) is 6.25. The third kappa shape index (κ3) is 5.87. The average molecular weight is 537 g/mol. The van der Waals surface area contributed by atoms with Gasteiger partial charge in [-0.1, -0.05) is 13.3 Å².